The van der Waals surface area contributed by atoms with Gasteiger partial charge in [0.05, 0.1) is 6.61 Å². The maximum absolute atomic E-state index is 12.5. The highest BCUT2D eigenvalue weighted by atomic mass is 16.5. The number of carbonyl (C=O) groups is 1. The van der Waals surface area contributed by atoms with Gasteiger partial charge in [-0.25, -0.2) is 0 Å². The fourth-order valence-corrected chi connectivity index (χ4v) is 4.35. The third-order valence-corrected chi connectivity index (χ3v) is 5.62. The van der Waals surface area contributed by atoms with E-state index in [-0.39, 0.29) is 11.5 Å². The molecule has 0 aromatic rings. The lowest BCUT2D eigenvalue weighted by Gasteiger charge is -2.38. The Morgan fingerprint density at radius 1 is 1.29 bits per heavy atom. The second-order valence-corrected chi connectivity index (χ2v) is 7.73. The van der Waals surface area contributed by atoms with Gasteiger partial charge in [0, 0.05) is 17.6 Å². The Morgan fingerprint density at radius 3 is 2.62 bits per heavy atom. The topological polar surface area (TPSA) is 41.6 Å². The summed E-state index contributed by atoms with van der Waals surface area (Å²) >= 11 is 0. The third-order valence-electron chi connectivity index (χ3n) is 5.62. The first kappa shape index (κ1) is 15.3. The van der Waals surface area contributed by atoms with Crippen LogP contribution in [0.2, 0.25) is 0 Å². The van der Waals surface area contributed by atoms with Crippen molar-refractivity contribution in [1.29, 1.82) is 0 Å². The molecule has 3 fully saturated rings. The van der Waals surface area contributed by atoms with Crippen molar-refractivity contribution < 1.29 is 9.53 Å². The maximum Gasteiger partial charge on any atom is 0.326 e. The highest BCUT2D eigenvalue weighted by Gasteiger charge is 2.52. The number of ether oxygens (including phenoxy) is 1. The third kappa shape index (κ3) is 2.98. The summed E-state index contributed by atoms with van der Waals surface area (Å²) in [5.41, 5.74) is -0.129. The molecular formula is C17H30N2O2. The van der Waals surface area contributed by atoms with E-state index in [1.165, 1.54) is 32.2 Å². The van der Waals surface area contributed by atoms with Crippen LogP contribution < -0.4 is 5.32 Å². The average molecular weight is 294 g/mol. The summed E-state index contributed by atoms with van der Waals surface area (Å²) in [7, 11) is 0. The summed E-state index contributed by atoms with van der Waals surface area (Å²) in [6.45, 7) is 8.25. The van der Waals surface area contributed by atoms with Gasteiger partial charge in [0.2, 0.25) is 0 Å². The van der Waals surface area contributed by atoms with Crippen LogP contribution in [0.3, 0.4) is 0 Å². The molecule has 2 aliphatic carbocycles. The molecule has 3 rings (SSSR count). The maximum atomic E-state index is 12.5. The predicted molar refractivity (Wildman–Crippen MR) is 83.2 cm³/mol. The molecule has 0 aromatic carbocycles. The molecule has 21 heavy (non-hydrogen) atoms. The number of hydrogen-bond acceptors (Lipinski definition) is 4. The Balaban J connectivity index is 1.72. The Kier molecular flexibility index (Phi) is 4.04. The molecule has 3 aliphatic rings. The average Bonchev–Trinajstić information content (AvgIpc) is 3.00. The number of likely N-dealkylation sites (tertiary alicyclic amines) is 1. The van der Waals surface area contributed by atoms with Gasteiger partial charge >= 0.3 is 5.97 Å². The van der Waals surface area contributed by atoms with Crippen LogP contribution in [0.25, 0.3) is 0 Å². The Hall–Kier alpha value is -0.610. The Morgan fingerprint density at radius 2 is 2.05 bits per heavy atom. The quantitative estimate of drug-likeness (QED) is 0.791. The van der Waals surface area contributed by atoms with Crippen molar-refractivity contribution in [1.82, 2.24) is 10.2 Å². The number of hydrogen-bond donors (Lipinski definition) is 1. The summed E-state index contributed by atoms with van der Waals surface area (Å²) in [6, 6.07) is 1.07. The molecule has 0 spiro atoms. The first-order valence-electron chi connectivity index (χ1n) is 8.68. The van der Waals surface area contributed by atoms with Gasteiger partial charge in [0.15, 0.2) is 0 Å². The van der Waals surface area contributed by atoms with Crippen molar-refractivity contribution in [3.63, 3.8) is 0 Å². The van der Waals surface area contributed by atoms with Crippen LogP contribution in [0.4, 0.5) is 0 Å². The van der Waals surface area contributed by atoms with Gasteiger partial charge in [-0.2, -0.15) is 0 Å². The number of rotatable bonds is 5. The van der Waals surface area contributed by atoms with Crippen LogP contribution in [-0.2, 0) is 9.53 Å². The van der Waals surface area contributed by atoms with E-state index in [9.17, 15) is 4.79 Å². The Labute approximate surface area is 128 Å². The van der Waals surface area contributed by atoms with E-state index in [4.69, 9.17) is 4.74 Å². The van der Waals surface area contributed by atoms with E-state index in [0.717, 1.165) is 19.3 Å². The summed E-state index contributed by atoms with van der Waals surface area (Å²) in [5.74, 6) is -0.0172. The summed E-state index contributed by atoms with van der Waals surface area (Å²) in [5, 5.41) is 3.63. The van der Waals surface area contributed by atoms with Crippen molar-refractivity contribution in [3.8, 4) is 0 Å². The van der Waals surface area contributed by atoms with Gasteiger partial charge in [-0.3, -0.25) is 15.0 Å². The lowest BCUT2D eigenvalue weighted by Crippen LogP contribution is -2.54. The number of nitrogens with one attached hydrogen (secondary N) is 1. The monoisotopic (exact) mass is 294 g/mol. The summed E-state index contributed by atoms with van der Waals surface area (Å²) < 4.78 is 5.40. The molecule has 1 N–H and O–H groups in total. The van der Waals surface area contributed by atoms with Gasteiger partial charge in [-0.15, -0.1) is 0 Å². The van der Waals surface area contributed by atoms with E-state index >= 15 is 0 Å². The first-order valence-corrected chi connectivity index (χ1v) is 8.68. The van der Waals surface area contributed by atoms with E-state index in [2.05, 4.69) is 24.1 Å². The fraction of sp³-hybridized carbons (Fsp3) is 0.941. The normalized spacial score (nSPS) is 36.0. The molecule has 0 bridgehead atoms. The summed E-state index contributed by atoms with van der Waals surface area (Å²) in [6.07, 6.45) is 7.94. The molecule has 0 radical (unpaired) electrons. The van der Waals surface area contributed by atoms with Crippen LogP contribution >= 0.6 is 0 Å². The van der Waals surface area contributed by atoms with Gasteiger partial charge in [0.25, 0.3) is 0 Å². The van der Waals surface area contributed by atoms with E-state index in [0.29, 0.717) is 18.7 Å². The number of nitrogens with zero attached hydrogens (tertiary/aromatic N) is 1. The molecule has 4 nitrogen and oxygen atoms in total. The minimum atomic E-state index is -0.416. The predicted octanol–water partition coefficient (Wildman–Crippen LogP) is 2.47. The van der Waals surface area contributed by atoms with Crippen molar-refractivity contribution in [2.75, 3.05) is 13.2 Å². The largest absolute Gasteiger partial charge is 0.465 e. The second kappa shape index (κ2) is 5.54. The molecule has 2 saturated carbocycles. The minimum absolute atomic E-state index is 0.0172. The number of carbonyl (C=O) groups excluding carboxylic acids is 1. The van der Waals surface area contributed by atoms with Crippen LogP contribution in [0.5, 0.6) is 0 Å². The van der Waals surface area contributed by atoms with E-state index in [1.807, 2.05) is 6.92 Å². The molecule has 4 heteroatoms. The Bertz CT molecular complexity index is 406. The lowest BCUT2D eigenvalue weighted by atomic mass is 9.95. The van der Waals surface area contributed by atoms with Gasteiger partial charge in [-0.05, 0) is 72.3 Å². The first-order chi connectivity index (χ1) is 9.97. The lowest BCUT2D eigenvalue weighted by molar-refractivity contribution is -0.151. The zero-order valence-corrected chi connectivity index (χ0v) is 13.8. The SMILES string of the molecule is CCOC(=O)C1(NC2CC2)CCC(N2CCCC2(C)C)C1. The number of esters is 1. The molecule has 1 saturated heterocycles. The second-order valence-electron chi connectivity index (χ2n) is 7.73. The molecular weight excluding hydrogens is 264 g/mol. The minimum Gasteiger partial charge on any atom is -0.465 e. The molecule has 1 heterocycles. The van der Waals surface area contributed by atoms with Crippen LogP contribution in [0.1, 0.15) is 65.7 Å². The molecule has 120 valence electrons. The van der Waals surface area contributed by atoms with Gasteiger partial charge in [-0.1, -0.05) is 0 Å². The summed E-state index contributed by atoms with van der Waals surface area (Å²) in [4.78, 5) is 15.2. The zero-order valence-electron chi connectivity index (χ0n) is 13.8. The highest BCUT2D eigenvalue weighted by molar-refractivity contribution is 5.81. The van der Waals surface area contributed by atoms with Crippen molar-refractivity contribution in [2.45, 2.75) is 88.9 Å². The van der Waals surface area contributed by atoms with Crippen molar-refractivity contribution in [3.05, 3.63) is 0 Å². The molecule has 2 atom stereocenters. The van der Waals surface area contributed by atoms with E-state index < -0.39 is 5.54 Å². The van der Waals surface area contributed by atoms with Crippen LogP contribution in [-0.4, -0.2) is 47.2 Å². The highest BCUT2D eigenvalue weighted by Crippen LogP contribution is 2.42. The van der Waals surface area contributed by atoms with Gasteiger partial charge in [0.1, 0.15) is 5.54 Å². The molecule has 0 aromatic heterocycles. The van der Waals surface area contributed by atoms with Gasteiger partial charge < -0.3 is 4.74 Å². The van der Waals surface area contributed by atoms with Crippen molar-refractivity contribution in [2.24, 2.45) is 0 Å². The van der Waals surface area contributed by atoms with Crippen molar-refractivity contribution >= 4 is 5.97 Å². The zero-order chi connectivity index (χ0) is 15.1. The standard InChI is InChI=1S/C17H30N2O2/c1-4-21-15(20)17(18-13-6-7-13)10-8-14(12-17)19-11-5-9-16(19,2)3/h13-14,18H,4-12H2,1-3H3. The molecule has 0 amide bonds. The fourth-order valence-electron chi connectivity index (χ4n) is 4.35. The molecule has 1 aliphatic heterocycles. The smallest absolute Gasteiger partial charge is 0.326 e. The van der Waals surface area contributed by atoms with E-state index in [1.54, 1.807) is 0 Å². The van der Waals surface area contributed by atoms with Crippen LogP contribution in [0.15, 0.2) is 0 Å². The molecule has 2 unspecified atom stereocenters. The van der Waals surface area contributed by atoms with Crippen LogP contribution in [0, 0.1) is 0 Å².